The van der Waals surface area contributed by atoms with Gasteiger partial charge >= 0.3 is 0 Å². The van der Waals surface area contributed by atoms with E-state index in [1.54, 1.807) is 0 Å². The Bertz CT molecular complexity index is 1410. The summed E-state index contributed by atoms with van der Waals surface area (Å²) in [7, 11) is 0. The first-order valence-corrected chi connectivity index (χ1v) is 12.3. The summed E-state index contributed by atoms with van der Waals surface area (Å²) < 4.78 is 7.82. The Morgan fingerprint density at radius 2 is 1.94 bits per heavy atom. The van der Waals surface area contributed by atoms with Crippen LogP contribution in [0, 0.1) is 6.92 Å². The second-order valence-electron chi connectivity index (χ2n) is 9.04. The third-order valence-electron chi connectivity index (χ3n) is 6.46. The first-order valence-electron chi connectivity index (χ1n) is 12.3. The van der Waals surface area contributed by atoms with E-state index in [0.717, 1.165) is 47.2 Å². The summed E-state index contributed by atoms with van der Waals surface area (Å²) in [6.45, 7) is 5.20. The molecule has 8 heteroatoms. The summed E-state index contributed by atoms with van der Waals surface area (Å²) in [4.78, 5) is 21.3. The van der Waals surface area contributed by atoms with E-state index in [0.29, 0.717) is 23.6 Å². The van der Waals surface area contributed by atoms with Crippen molar-refractivity contribution in [3.8, 4) is 11.3 Å². The van der Waals surface area contributed by atoms with Crippen molar-refractivity contribution >= 4 is 22.8 Å². The number of anilines is 1. The molecular weight excluding hydrogens is 452 g/mol. The summed E-state index contributed by atoms with van der Waals surface area (Å²) in [5.41, 5.74) is 11.3. The molecule has 1 amide bonds. The number of aryl methyl sites for hydroxylation is 1. The van der Waals surface area contributed by atoms with Crippen LogP contribution in [0.4, 0.5) is 5.82 Å². The topological polar surface area (TPSA) is 108 Å². The van der Waals surface area contributed by atoms with E-state index >= 15 is 0 Å². The zero-order valence-electron chi connectivity index (χ0n) is 20.5. The standard InChI is InChI=1S/C28H30N6O2/c1-3-14-36-22-13-12-21(15-22)34-27-24(26(29)31-17-32-27)25(33-34)20-10-8-19(9-11-20)16-30-28(35)23-7-5-4-6-18(23)2/h4-13,17,21-22H,3,14-16H2,1-2H3,(H,30,35)(H2,29,31,32). The number of carbonyl (C=O) groups is 1. The van der Waals surface area contributed by atoms with E-state index in [-0.39, 0.29) is 18.1 Å². The Morgan fingerprint density at radius 1 is 1.14 bits per heavy atom. The summed E-state index contributed by atoms with van der Waals surface area (Å²) in [6.07, 6.45) is 7.56. The van der Waals surface area contributed by atoms with Gasteiger partial charge in [0.25, 0.3) is 5.91 Å². The minimum atomic E-state index is -0.0855. The molecule has 0 saturated heterocycles. The summed E-state index contributed by atoms with van der Waals surface area (Å²) in [5, 5.41) is 8.66. The van der Waals surface area contributed by atoms with Gasteiger partial charge in [-0.05, 0) is 30.5 Å². The normalized spacial score (nSPS) is 17.1. The highest BCUT2D eigenvalue weighted by Crippen LogP contribution is 2.34. The number of allylic oxidation sites excluding steroid dienone is 1. The number of hydrogen-bond donors (Lipinski definition) is 2. The predicted molar refractivity (Wildman–Crippen MR) is 140 cm³/mol. The van der Waals surface area contributed by atoms with E-state index < -0.39 is 0 Å². The van der Waals surface area contributed by atoms with Gasteiger partial charge in [-0.25, -0.2) is 14.6 Å². The van der Waals surface area contributed by atoms with Gasteiger partial charge in [0.15, 0.2) is 5.65 Å². The Hall–Kier alpha value is -4.04. The molecule has 0 radical (unpaired) electrons. The predicted octanol–water partition coefficient (Wildman–Crippen LogP) is 4.61. The molecule has 0 saturated carbocycles. The van der Waals surface area contributed by atoms with E-state index in [1.165, 1.54) is 6.33 Å². The van der Waals surface area contributed by atoms with Gasteiger partial charge in [0.1, 0.15) is 17.8 Å². The Balaban J connectivity index is 1.37. The molecule has 184 valence electrons. The number of nitrogens with zero attached hydrogens (tertiary/aromatic N) is 4. The van der Waals surface area contributed by atoms with Crippen LogP contribution in [0.15, 0.2) is 67.0 Å². The van der Waals surface area contributed by atoms with Gasteiger partial charge in [0.2, 0.25) is 0 Å². The highest BCUT2D eigenvalue weighted by molar-refractivity contribution is 5.98. The molecule has 5 rings (SSSR count). The molecule has 2 aromatic heterocycles. The first-order chi connectivity index (χ1) is 17.5. The summed E-state index contributed by atoms with van der Waals surface area (Å²) in [6, 6.07) is 15.6. The molecule has 8 nitrogen and oxygen atoms in total. The lowest BCUT2D eigenvalue weighted by Crippen LogP contribution is -2.23. The zero-order valence-corrected chi connectivity index (χ0v) is 20.5. The lowest BCUT2D eigenvalue weighted by molar-refractivity contribution is 0.0799. The van der Waals surface area contributed by atoms with Crippen LogP contribution < -0.4 is 11.1 Å². The summed E-state index contributed by atoms with van der Waals surface area (Å²) in [5.74, 6) is 0.314. The van der Waals surface area contributed by atoms with Crippen molar-refractivity contribution in [3.63, 3.8) is 0 Å². The van der Waals surface area contributed by atoms with Crippen LogP contribution in [0.2, 0.25) is 0 Å². The molecule has 36 heavy (non-hydrogen) atoms. The minimum absolute atomic E-state index is 0.0355. The third-order valence-corrected chi connectivity index (χ3v) is 6.46. The number of nitrogens with two attached hydrogens (primary N) is 1. The van der Waals surface area contributed by atoms with Gasteiger partial charge in [0, 0.05) is 30.7 Å². The van der Waals surface area contributed by atoms with Gasteiger partial charge in [-0.3, -0.25) is 4.79 Å². The quantitative estimate of drug-likeness (QED) is 0.355. The number of aromatic nitrogens is 4. The Morgan fingerprint density at radius 3 is 2.72 bits per heavy atom. The number of ether oxygens (including phenoxy) is 1. The average Bonchev–Trinajstić information content (AvgIpc) is 3.52. The maximum Gasteiger partial charge on any atom is 0.251 e. The lowest BCUT2D eigenvalue weighted by Gasteiger charge is -2.13. The molecular formula is C28H30N6O2. The lowest BCUT2D eigenvalue weighted by atomic mass is 10.1. The number of amides is 1. The highest BCUT2D eigenvalue weighted by atomic mass is 16.5. The number of carbonyl (C=O) groups excluding carboxylic acids is 1. The van der Waals surface area contributed by atoms with Crippen LogP contribution in [-0.4, -0.2) is 38.4 Å². The van der Waals surface area contributed by atoms with E-state index in [2.05, 4.69) is 34.4 Å². The zero-order chi connectivity index (χ0) is 25.1. The van der Waals surface area contributed by atoms with Crippen molar-refractivity contribution in [2.24, 2.45) is 0 Å². The molecule has 0 bridgehead atoms. The molecule has 0 fully saturated rings. The molecule has 2 heterocycles. The van der Waals surface area contributed by atoms with Gasteiger partial charge in [-0.15, -0.1) is 0 Å². The van der Waals surface area contributed by atoms with Crippen molar-refractivity contribution in [1.29, 1.82) is 0 Å². The summed E-state index contributed by atoms with van der Waals surface area (Å²) >= 11 is 0. The fraction of sp³-hybridized carbons (Fsp3) is 0.286. The van der Waals surface area contributed by atoms with Gasteiger partial charge in [0.05, 0.1) is 17.5 Å². The van der Waals surface area contributed by atoms with Crippen molar-refractivity contribution in [1.82, 2.24) is 25.1 Å². The van der Waals surface area contributed by atoms with Crippen molar-refractivity contribution < 1.29 is 9.53 Å². The van der Waals surface area contributed by atoms with Gasteiger partial charge < -0.3 is 15.8 Å². The Labute approximate surface area is 210 Å². The molecule has 2 aromatic carbocycles. The maximum absolute atomic E-state index is 12.6. The molecule has 1 aliphatic rings. The number of rotatable bonds is 8. The number of hydrogen-bond acceptors (Lipinski definition) is 6. The van der Waals surface area contributed by atoms with Crippen LogP contribution in [0.1, 0.15) is 47.3 Å². The van der Waals surface area contributed by atoms with Crippen LogP contribution >= 0.6 is 0 Å². The maximum atomic E-state index is 12.6. The molecule has 3 N–H and O–H groups in total. The first kappa shape index (κ1) is 23.7. The molecule has 0 spiro atoms. The minimum Gasteiger partial charge on any atom is -0.383 e. The molecule has 2 atom stereocenters. The second-order valence-corrected chi connectivity index (χ2v) is 9.04. The molecule has 4 aromatic rings. The highest BCUT2D eigenvalue weighted by Gasteiger charge is 2.26. The van der Waals surface area contributed by atoms with E-state index in [9.17, 15) is 4.79 Å². The van der Waals surface area contributed by atoms with Crippen LogP contribution in [0.3, 0.4) is 0 Å². The fourth-order valence-electron chi connectivity index (χ4n) is 4.54. The molecule has 1 aliphatic carbocycles. The number of benzene rings is 2. The Kier molecular flexibility index (Phi) is 6.77. The van der Waals surface area contributed by atoms with Crippen LogP contribution in [-0.2, 0) is 11.3 Å². The van der Waals surface area contributed by atoms with E-state index in [4.69, 9.17) is 15.6 Å². The van der Waals surface area contributed by atoms with Crippen molar-refractivity contribution in [3.05, 3.63) is 83.7 Å². The molecule has 0 aliphatic heterocycles. The monoisotopic (exact) mass is 482 g/mol. The SMILES string of the molecule is CCCOC1C=CC(n2nc(-c3ccc(CNC(=O)c4ccccc4C)cc3)c3c(N)ncnc32)C1. The number of fused-ring (bicyclic) bond motifs is 1. The fourth-order valence-corrected chi connectivity index (χ4v) is 4.54. The van der Waals surface area contributed by atoms with Crippen LogP contribution in [0.25, 0.3) is 22.3 Å². The average molecular weight is 483 g/mol. The van der Waals surface area contributed by atoms with Crippen LogP contribution in [0.5, 0.6) is 0 Å². The number of nitrogen functional groups attached to an aromatic ring is 1. The molecule has 2 unspecified atom stereocenters. The second kappa shape index (κ2) is 10.3. The van der Waals surface area contributed by atoms with E-state index in [1.807, 2.05) is 60.1 Å². The van der Waals surface area contributed by atoms with Gasteiger partial charge in [-0.1, -0.05) is 61.5 Å². The van der Waals surface area contributed by atoms with Crippen molar-refractivity contribution in [2.75, 3.05) is 12.3 Å². The third kappa shape index (κ3) is 4.72. The number of nitrogens with one attached hydrogen (secondary N) is 1. The van der Waals surface area contributed by atoms with Gasteiger partial charge in [-0.2, -0.15) is 5.10 Å². The van der Waals surface area contributed by atoms with Crippen molar-refractivity contribution in [2.45, 2.75) is 45.4 Å². The largest absolute Gasteiger partial charge is 0.383 e. The smallest absolute Gasteiger partial charge is 0.251 e.